The minimum Gasteiger partial charge on any atom is -0.466 e. The first-order valence-corrected chi connectivity index (χ1v) is 8.75. The van der Waals surface area contributed by atoms with Crippen molar-refractivity contribution in [3.63, 3.8) is 0 Å². The van der Waals surface area contributed by atoms with Crippen LogP contribution in [-0.4, -0.2) is 32.6 Å². The third kappa shape index (κ3) is 3.42. The highest BCUT2D eigenvalue weighted by molar-refractivity contribution is 6.07. The molecule has 0 spiro atoms. The van der Waals surface area contributed by atoms with Gasteiger partial charge in [-0.05, 0) is 46.8 Å². The summed E-state index contributed by atoms with van der Waals surface area (Å²) in [4.78, 5) is 28.9. The molecular formula is C19H23N5O3. The molecule has 0 aromatic carbocycles. The Kier molecular flexibility index (Phi) is 4.73. The fourth-order valence-electron chi connectivity index (χ4n) is 2.95. The van der Waals surface area contributed by atoms with Crippen LogP contribution in [0.2, 0.25) is 0 Å². The van der Waals surface area contributed by atoms with E-state index in [-0.39, 0.29) is 6.04 Å². The van der Waals surface area contributed by atoms with Crippen LogP contribution < -0.4 is 11.1 Å². The smallest absolute Gasteiger partial charge is 0.252 e. The summed E-state index contributed by atoms with van der Waals surface area (Å²) in [6, 6.07) is 2.85. The molecule has 8 nitrogen and oxygen atoms in total. The van der Waals surface area contributed by atoms with Crippen molar-refractivity contribution in [3.05, 3.63) is 35.4 Å². The molecule has 0 aliphatic heterocycles. The van der Waals surface area contributed by atoms with Crippen molar-refractivity contribution >= 4 is 22.8 Å². The third-order valence-electron chi connectivity index (χ3n) is 4.39. The summed E-state index contributed by atoms with van der Waals surface area (Å²) in [6.07, 6.45) is 1.61. The lowest BCUT2D eigenvalue weighted by molar-refractivity contribution is -0.119. The van der Waals surface area contributed by atoms with E-state index >= 15 is 0 Å². The molecule has 0 bridgehead atoms. The van der Waals surface area contributed by atoms with Crippen LogP contribution in [0.15, 0.2) is 22.7 Å². The number of furan rings is 1. The highest BCUT2D eigenvalue weighted by Gasteiger charge is 2.22. The number of aryl methyl sites for hydroxylation is 2. The van der Waals surface area contributed by atoms with Gasteiger partial charge in [-0.25, -0.2) is 9.67 Å². The quantitative estimate of drug-likeness (QED) is 0.717. The second kappa shape index (κ2) is 6.86. The van der Waals surface area contributed by atoms with Gasteiger partial charge in [0.15, 0.2) is 5.65 Å². The molecule has 0 aliphatic rings. The summed E-state index contributed by atoms with van der Waals surface area (Å²) in [7, 11) is 0. The minimum atomic E-state index is -0.790. The number of hydrogen-bond donors (Lipinski definition) is 2. The van der Waals surface area contributed by atoms with Gasteiger partial charge in [0.05, 0.1) is 22.8 Å². The van der Waals surface area contributed by atoms with Gasteiger partial charge in [0.1, 0.15) is 17.6 Å². The first kappa shape index (κ1) is 18.6. The predicted molar refractivity (Wildman–Crippen MR) is 101 cm³/mol. The number of hydrogen-bond acceptors (Lipinski definition) is 5. The number of carbonyl (C=O) groups is 2. The number of amides is 2. The Hall–Kier alpha value is -3.16. The molecule has 0 saturated heterocycles. The number of pyridine rings is 1. The van der Waals surface area contributed by atoms with Gasteiger partial charge >= 0.3 is 0 Å². The van der Waals surface area contributed by atoms with E-state index in [1.54, 1.807) is 23.9 Å². The van der Waals surface area contributed by atoms with E-state index in [0.717, 1.165) is 11.3 Å². The lowest BCUT2D eigenvalue weighted by Gasteiger charge is -2.13. The van der Waals surface area contributed by atoms with Gasteiger partial charge in [0, 0.05) is 11.6 Å². The van der Waals surface area contributed by atoms with E-state index < -0.39 is 17.9 Å². The van der Waals surface area contributed by atoms with Gasteiger partial charge in [-0.1, -0.05) is 0 Å². The number of nitrogens with two attached hydrogens (primary N) is 1. The molecule has 1 atom stereocenters. The van der Waals surface area contributed by atoms with Crippen LogP contribution in [0.5, 0.6) is 0 Å². The zero-order valence-electron chi connectivity index (χ0n) is 16.0. The Balaban J connectivity index is 2.20. The maximum Gasteiger partial charge on any atom is 0.252 e. The van der Waals surface area contributed by atoms with E-state index in [9.17, 15) is 9.59 Å². The fourth-order valence-corrected chi connectivity index (χ4v) is 2.95. The van der Waals surface area contributed by atoms with Crippen LogP contribution in [0, 0.1) is 13.8 Å². The summed E-state index contributed by atoms with van der Waals surface area (Å²) in [6.45, 7) is 9.23. The molecule has 3 aromatic rings. The molecule has 3 aromatic heterocycles. The number of carbonyl (C=O) groups excluding carboxylic acids is 2. The summed E-state index contributed by atoms with van der Waals surface area (Å²) in [5.41, 5.74) is 7.66. The van der Waals surface area contributed by atoms with Crippen molar-refractivity contribution in [3.8, 4) is 11.3 Å². The fraction of sp³-hybridized carbons (Fsp3) is 0.368. The van der Waals surface area contributed by atoms with E-state index in [0.29, 0.717) is 28.1 Å². The Morgan fingerprint density at radius 2 is 1.93 bits per heavy atom. The van der Waals surface area contributed by atoms with Crippen LogP contribution in [0.1, 0.15) is 48.7 Å². The molecule has 0 aliphatic carbocycles. The van der Waals surface area contributed by atoms with Gasteiger partial charge in [0.25, 0.3) is 5.91 Å². The number of aromatic nitrogens is 3. The summed E-state index contributed by atoms with van der Waals surface area (Å²) in [5, 5.41) is 7.61. The normalized spacial score (nSPS) is 12.5. The zero-order valence-corrected chi connectivity index (χ0v) is 16.0. The highest BCUT2D eigenvalue weighted by atomic mass is 16.3. The monoisotopic (exact) mass is 369 g/mol. The van der Waals surface area contributed by atoms with E-state index in [1.165, 1.54) is 0 Å². The summed E-state index contributed by atoms with van der Waals surface area (Å²) < 4.78 is 7.37. The molecule has 8 heteroatoms. The summed E-state index contributed by atoms with van der Waals surface area (Å²) in [5.74, 6) is 0.464. The highest BCUT2D eigenvalue weighted by Crippen LogP contribution is 2.30. The number of nitrogens with zero attached hydrogens (tertiary/aromatic N) is 3. The SMILES string of the molecule is Cc1cc(-c2cc(C(=O)NC(C)C(N)=O)c3cnn(C(C)C)c3n2)c(C)o1. The van der Waals surface area contributed by atoms with Gasteiger partial charge in [0.2, 0.25) is 5.91 Å². The van der Waals surface area contributed by atoms with Gasteiger partial charge in [-0.2, -0.15) is 5.10 Å². The lowest BCUT2D eigenvalue weighted by atomic mass is 10.1. The third-order valence-corrected chi connectivity index (χ3v) is 4.39. The van der Waals surface area contributed by atoms with Crippen LogP contribution in [0.25, 0.3) is 22.3 Å². The molecule has 142 valence electrons. The Morgan fingerprint density at radius 3 is 2.48 bits per heavy atom. The molecule has 0 radical (unpaired) electrons. The van der Waals surface area contributed by atoms with Gasteiger partial charge in [-0.15, -0.1) is 0 Å². The molecule has 0 saturated carbocycles. The number of rotatable bonds is 5. The summed E-state index contributed by atoms with van der Waals surface area (Å²) >= 11 is 0. The van der Waals surface area contributed by atoms with Crippen molar-refractivity contribution in [1.82, 2.24) is 20.1 Å². The molecule has 3 heterocycles. The topological polar surface area (TPSA) is 116 Å². The molecule has 27 heavy (non-hydrogen) atoms. The standard InChI is InChI=1S/C19H23N5O3/c1-9(2)24-18-15(8-21-24)14(19(26)22-11(4)17(20)25)7-16(23-18)13-6-10(3)27-12(13)5/h6-9,11H,1-5H3,(H2,20,25)(H,22,26). The number of nitrogens with one attached hydrogen (secondary N) is 1. The molecular weight excluding hydrogens is 346 g/mol. The lowest BCUT2D eigenvalue weighted by Crippen LogP contribution is -2.42. The Morgan fingerprint density at radius 1 is 1.22 bits per heavy atom. The van der Waals surface area contributed by atoms with Crippen molar-refractivity contribution in [2.75, 3.05) is 0 Å². The Bertz CT molecular complexity index is 1030. The van der Waals surface area contributed by atoms with Gasteiger partial charge < -0.3 is 15.5 Å². The molecule has 2 amide bonds. The number of fused-ring (bicyclic) bond motifs is 1. The maximum atomic E-state index is 12.8. The number of primary amides is 1. The maximum absolute atomic E-state index is 12.8. The van der Waals surface area contributed by atoms with Crippen molar-refractivity contribution < 1.29 is 14.0 Å². The molecule has 3 rings (SSSR count). The van der Waals surface area contributed by atoms with Crippen molar-refractivity contribution in [2.24, 2.45) is 5.73 Å². The van der Waals surface area contributed by atoms with Crippen LogP contribution in [-0.2, 0) is 4.79 Å². The zero-order chi connectivity index (χ0) is 19.9. The second-order valence-corrected chi connectivity index (χ2v) is 6.90. The Labute approximate surface area is 156 Å². The van der Waals surface area contributed by atoms with Crippen molar-refractivity contribution in [2.45, 2.75) is 46.7 Å². The van der Waals surface area contributed by atoms with Crippen LogP contribution >= 0.6 is 0 Å². The molecule has 1 unspecified atom stereocenters. The van der Waals surface area contributed by atoms with Crippen LogP contribution in [0.3, 0.4) is 0 Å². The first-order chi connectivity index (χ1) is 12.7. The van der Waals surface area contributed by atoms with E-state index in [1.807, 2.05) is 33.8 Å². The second-order valence-electron chi connectivity index (χ2n) is 6.90. The average molecular weight is 369 g/mol. The van der Waals surface area contributed by atoms with E-state index in [4.69, 9.17) is 15.1 Å². The van der Waals surface area contributed by atoms with E-state index in [2.05, 4.69) is 10.4 Å². The predicted octanol–water partition coefficient (Wildman–Crippen LogP) is 2.49. The molecule has 3 N–H and O–H groups in total. The molecule has 0 fully saturated rings. The van der Waals surface area contributed by atoms with Crippen LogP contribution in [0.4, 0.5) is 0 Å². The largest absolute Gasteiger partial charge is 0.466 e. The first-order valence-electron chi connectivity index (χ1n) is 8.75. The minimum absolute atomic E-state index is 0.0675. The van der Waals surface area contributed by atoms with Crippen molar-refractivity contribution in [1.29, 1.82) is 0 Å². The van der Waals surface area contributed by atoms with Gasteiger partial charge in [-0.3, -0.25) is 9.59 Å². The average Bonchev–Trinajstić information content (AvgIpc) is 3.16.